The van der Waals surface area contributed by atoms with Crippen LogP contribution in [0.2, 0.25) is 0 Å². The molecule has 0 aliphatic rings. The minimum atomic E-state index is 0.904. The molecule has 0 saturated heterocycles. The van der Waals surface area contributed by atoms with Crippen molar-refractivity contribution in [3.05, 3.63) is 188 Å². The van der Waals surface area contributed by atoms with Crippen molar-refractivity contribution < 1.29 is 4.42 Å². The van der Waals surface area contributed by atoms with Crippen LogP contribution in [0.1, 0.15) is 5.56 Å². The fraction of sp³-hybridized carbons (Fsp3) is 0.0204. The number of para-hydroxylation sites is 1. The quantitative estimate of drug-likeness (QED) is 0.172. The van der Waals surface area contributed by atoms with E-state index in [1.54, 1.807) is 0 Å². The second-order valence-corrected chi connectivity index (χ2v) is 13.4. The molecule has 2 nitrogen and oxygen atoms in total. The molecule has 0 saturated carbocycles. The number of hydrogen-bond donors (Lipinski definition) is 0. The van der Waals surface area contributed by atoms with Crippen molar-refractivity contribution in [2.75, 3.05) is 4.90 Å². The fourth-order valence-corrected chi connectivity index (χ4v) is 7.88. The lowest BCUT2D eigenvalue weighted by molar-refractivity contribution is 0.629. The molecule has 0 spiro atoms. The lowest BCUT2D eigenvalue weighted by Gasteiger charge is -2.28. The first-order valence-corrected chi connectivity index (χ1v) is 17.5. The minimum absolute atomic E-state index is 0.904. The Morgan fingerprint density at radius 2 is 0.980 bits per heavy atom. The summed E-state index contributed by atoms with van der Waals surface area (Å²) in [4.78, 5) is 2.40. The van der Waals surface area contributed by atoms with Crippen LogP contribution < -0.4 is 4.90 Å². The zero-order valence-corrected chi connectivity index (χ0v) is 28.2. The number of aryl methyl sites for hydroxylation is 1. The Morgan fingerprint density at radius 3 is 1.78 bits per heavy atom. The van der Waals surface area contributed by atoms with Gasteiger partial charge in [0.05, 0.1) is 5.69 Å². The van der Waals surface area contributed by atoms with Crippen LogP contribution in [0.5, 0.6) is 0 Å². The van der Waals surface area contributed by atoms with Gasteiger partial charge in [-0.2, -0.15) is 0 Å². The number of furan rings is 1. The van der Waals surface area contributed by atoms with Crippen molar-refractivity contribution in [2.24, 2.45) is 0 Å². The molecule has 0 atom stereocenters. The Kier molecular flexibility index (Phi) is 6.75. The highest BCUT2D eigenvalue weighted by molar-refractivity contribution is 6.15. The van der Waals surface area contributed by atoms with Crippen molar-refractivity contribution in [3.8, 4) is 22.5 Å². The van der Waals surface area contributed by atoms with Crippen LogP contribution in [-0.4, -0.2) is 0 Å². The predicted octanol–water partition coefficient (Wildman–Crippen LogP) is 14.2. The summed E-state index contributed by atoms with van der Waals surface area (Å²) in [5.41, 5.74) is 8.79. The van der Waals surface area contributed by atoms with Gasteiger partial charge in [0.1, 0.15) is 11.3 Å². The third-order valence-corrected chi connectivity index (χ3v) is 10.4. The molecule has 51 heavy (non-hydrogen) atoms. The molecule has 0 bridgehead atoms. The molecule has 2 heteroatoms. The molecule has 1 heterocycles. The smallest absolute Gasteiger partial charge is 0.138 e. The fourth-order valence-electron chi connectivity index (χ4n) is 7.88. The van der Waals surface area contributed by atoms with E-state index in [1.165, 1.54) is 54.2 Å². The molecule has 0 aliphatic carbocycles. The van der Waals surface area contributed by atoms with Gasteiger partial charge >= 0.3 is 0 Å². The molecule has 0 fully saturated rings. The van der Waals surface area contributed by atoms with Crippen LogP contribution in [0.15, 0.2) is 186 Å². The second kappa shape index (κ2) is 11.8. The molecule has 1 aromatic heterocycles. The molecule has 10 rings (SSSR count). The monoisotopic (exact) mass is 651 g/mol. The van der Waals surface area contributed by atoms with Gasteiger partial charge in [0.25, 0.3) is 0 Å². The van der Waals surface area contributed by atoms with E-state index in [2.05, 4.69) is 182 Å². The van der Waals surface area contributed by atoms with Gasteiger partial charge in [0.2, 0.25) is 0 Å². The largest absolute Gasteiger partial charge is 0.456 e. The van der Waals surface area contributed by atoms with Gasteiger partial charge in [-0.05, 0) is 98.2 Å². The normalized spacial score (nSPS) is 11.6. The van der Waals surface area contributed by atoms with Gasteiger partial charge in [0.15, 0.2) is 0 Å². The third-order valence-electron chi connectivity index (χ3n) is 10.4. The number of anilines is 3. The summed E-state index contributed by atoms with van der Waals surface area (Å²) >= 11 is 0. The molecule has 9 aromatic carbocycles. The van der Waals surface area contributed by atoms with Gasteiger partial charge in [-0.15, -0.1) is 0 Å². The van der Waals surface area contributed by atoms with E-state index >= 15 is 0 Å². The van der Waals surface area contributed by atoms with Crippen molar-refractivity contribution in [2.45, 2.75) is 6.92 Å². The summed E-state index contributed by atoms with van der Waals surface area (Å²) in [5, 5.41) is 11.1. The molecule has 0 amide bonds. The van der Waals surface area contributed by atoms with E-state index in [1.807, 2.05) is 12.1 Å². The van der Waals surface area contributed by atoms with Gasteiger partial charge < -0.3 is 9.32 Å². The Bertz CT molecular complexity index is 2930. The molecule has 10 aromatic rings. The zero-order valence-electron chi connectivity index (χ0n) is 28.2. The first-order valence-electron chi connectivity index (χ1n) is 17.5. The SMILES string of the molecule is Cc1c(-c2cccc(N(c3ccc(-c4ccc5c(ccc6ccccc65)c4)cc3)c3cc4ccccc4c4ccccc34)c2)oc2ccccc12. The summed E-state index contributed by atoms with van der Waals surface area (Å²) < 4.78 is 6.46. The summed E-state index contributed by atoms with van der Waals surface area (Å²) in [5.74, 6) is 0.904. The lowest BCUT2D eigenvalue weighted by atomic mass is 9.97. The van der Waals surface area contributed by atoms with Crippen LogP contribution >= 0.6 is 0 Å². The van der Waals surface area contributed by atoms with Crippen molar-refractivity contribution in [1.29, 1.82) is 0 Å². The number of fused-ring (bicyclic) bond motifs is 7. The average Bonchev–Trinajstić information content (AvgIpc) is 3.54. The van der Waals surface area contributed by atoms with Gasteiger partial charge in [-0.25, -0.2) is 0 Å². The standard InChI is InChI=1S/C49H33NO/c1-32-41-15-8-9-20-48(41)51-49(32)38-13-10-14-40(30-38)50(47-31-36-12-3-5-17-43(36)45-18-6-7-19-46(45)47)39-26-23-33(24-27-39)35-25-28-44-37(29-35)22-21-34-11-2-4-16-42(34)44/h2-31H,1H3. The van der Waals surface area contributed by atoms with E-state index in [0.717, 1.165) is 44.9 Å². The maximum Gasteiger partial charge on any atom is 0.138 e. The summed E-state index contributed by atoms with van der Waals surface area (Å²) in [6.45, 7) is 2.15. The van der Waals surface area contributed by atoms with E-state index in [0.29, 0.717) is 0 Å². The first kappa shape index (κ1) is 29.3. The van der Waals surface area contributed by atoms with Gasteiger partial charge in [0, 0.05) is 33.3 Å². The van der Waals surface area contributed by atoms with Crippen molar-refractivity contribution in [3.63, 3.8) is 0 Å². The summed E-state index contributed by atoms with van der Waals surface area (Å²) in [6.07, 6.45) is 0. The minimum Gasteiger partial charge on any atom is -0.456 e. The Balaban J connectivity index is 1.14. The molecule has 0 radical (unpaired) electrons. The molecule has 240 valence electrons. The molecular weight excluding hydrogens is 619 g/mol. The number of hydrogen-bond acceptors (Lipinski definition) is 2. The van der Waals surface area contributed by atoms with Crippen LogP contribution in [0.25, 0.3) is 76.5 Å². The number of rotatable bonds is 5. The van der Waals surface area contributed by atoms with Crippen molar-refractivity contribution in [1.82, 2.24) is 0 Å². The van der Waals surface area contributed by atoms with E-state index < -0.39 is 0 Å². The lowest BCUT2D eigenvalue weighted by Crippen LogP contribution is -2.10. The summed E-state index contributed by atoms with van der Waals surface area (Å²) in [7, 11) is 0. The maximum absolute atomic E-state index is 6.46. The Hall–Kier alpha value is -6.64. The molecule has 0 unspecified atom stereocenters. The number of nitrogens with zero attached hydrogens (tertiary/aromatic N) is 1. The Morgan fingerprint density at radius 1 is 0.373 bits per heavy atom. The third kappa shape index (κ3) is 4.87. The highest BCUT2D eigenvalue weighted by atomic mass is 16.3. The Labute approximate surface area is 296 Å². The zero-order chi connectivity index (χ0) is 33.9. The predicted molar refractivity (Wildman–Crippen MR) is 217 cm³/mol. The first-order chi connectivity index (χ1) is 25.2. The van der Waals surface area contributed by atoms with Gasteiger partial charge in [-0.3, -0.25) is 0 Å². The average molecular weight is 652 g/mol. The highest BCUT2D eigenvalue weighted by Gasteiger charge is 2.20. The van der Waals surface area contributed by atoms with Crippen molar-refractivity contribution >= 4 is 71.1 Å². The topological polar surface area (TPSA) is 16.4 Å². The van der Waals surface area contributed by atoms with Gasteiger partial charge in [-0.1, -0.05) is 140 Å². The van der Waals surface area contributed by atoms with E-state index in [-0.39, 0.29) is 0 Å². The summed E-state index contributed by atoms with van der Waals surface area (Å²) in [6, 6.07) is 65.7. The molecule has 0 N–H and O–H groups in total. The van der Waals surface area contributed by atoms with Crippen LogP contribution in [0.3, 0.4) is 0 Å². The van der Waals surface area contributed by atoms with Crippen LogP contribution in [0.4, 0.5) is 17.1 Å². The van der Waals surface area contributed by atoms with Crippen LogP contribution in [-0.2, 0) is 0 Å². The van der Waals surface area contributed by atoms with Crippen LogP contribution in [0, 0.1) is 6.92 Å². The van der Waals surface area contributed by atoms with E-state index in [9.17, 15) is 0 Å². The van der Waals surface area contributed by atoms with E-state index in [4.69, 9.17) is 4.42 Å². The molecule has 0 aliphatic heterocycles. The highest BCUT2D eigenvalue weighted by Crippen LogP contribution is 2.44. The maximum atomic E-state index is 6.46. The molecular formula is C49H33NO. The number of benzene rings is 9. The second-order valence-electron chi connectivity index (χ2n) is 13.4.